The van der Waals surface area contributed by atoms with Crippen LogP contribution < -0.4 is 4.74 Å². The minimum absolute atomic E-state index is 0.248. The Hall–Kier alpha value is -1.36. The number of nitrogens with zero attached hydrogens (tertiary/aromatic N) is 4. The van der Waals surface area contributed by atoms with Crippen LogP contribution in [0, 0.1) is 0 Å². The van der Waals surface area contributed by atoms with Gasteiger partial charge in [-0.3, -0.25) is 0 Å². The molecule has 0 saturated heterocycles. The zero-order valence-corrected chi connectivity index (χ0v) is 10.2. The van der Waals surface area contributed by atoms with Crippen molar-refractivity contribution in [2.75, 3.05) is 7.11 Å². The number of fused-ring (bicyclic) bond motifs is 1. The summed E-state index contributed by atoms with van der Waals surface area (Å²) in [6.07, 6.45) is 1.47. The van der Waals surface area contributed by atoms with Crippen molar-refractivity contribution in [3.05, 3.63) is 12.2 Å². The lowest BCUT2D eigenvalue weighted by Gasteiger charge is -2.10. The molecule has 5 nitrogen and oxygen atoms in total. The molecule has 0 aliphatic heterocycles. The summed E-state index contributed by atoms with van der Waals surface area (Å²) in [5, 5.41) is 0. The molecule has 0 fully saturated rings. The highest BCUT2D eigenvalue weighted by Crippen LogP contribution is 2.25. The minimum atomic E-state index is 0.248. The summed E-state index contributed by atoms with van der Waals surface area (Å²) in [5.74, 6) is 1.61. The number of imidazole rings is 1. The first-order chi connectivity index (χ1) is 7.69. The van der Waals surface area contributed by atoms with Crippen LogP contribution in [0.4, 0.5) is 0 Å². The summed E-state index contributed by atoms with van der Waals surface area (Å²) in [6.45, 7) is 4.12. The summed E-state index contributed by atoms with van der Waals surface area (Å²) < 4.78 is 7.14. The Morgan fingerprint density at radius 2 is 2.19 bits per heavy atom. The van der Waals surface area contributed by atoms with Gasteiger partial charge in [0.15, 0.2) is 11.2 Å². The summed E-state index contributed by atoms with van der Waals surface area (Å²) in [7, 11) is 1.57. The average molecular weight is 241 g/mol. The van der Waals surface area contributed by atoms with E-state index in [4.69, 9.17) is 16.3 Å². The van der Waals surface area contributed by atoms with Crippen molar-refractivity contribution in [1.29, 1.82) is 0 Å². The van der Waals surface area contributed by atoms with Gasteiger partial charge in [0.25, 0.3) is 0 Å². The predicted molar refractivity (Wildman–Crippen MR) is 61.8 cm³/mol. The molecule has 6 heteroatoms. The van der Waals surface area contributed by atoms with E-state index in [1.165, 1.54) is 6.33 Å². The van der Waals surface area contributed by atoms with E-state index in [0.29, 0.717) is 17.3 Å². The van der Waals surface area contributed by atoms with Crippen LogP contribution >= 0.6 is 11.6 Å². The molecular formula is C10H13ClN4O. The number of alkyl halides is 1. The van der Waals surface area contributed by atoms with Crippen molar-refractivity contribution < 1.29 is 4.74 Å². The predicted octanol–water partition coefficient (Wildman–Crippen LogP) is 2.15. The van der Waals surface area contributed by atoms with Crippen molar-refractivity contribution >= 4 is 22.8 Å². The van der Waals surface area contributed by atoms with Crippen molar-refractivity contribution in [3.63, 3.8) is 0 Å². The molecule has 2 aromatic rings. The normalized spacial score (nSPS) is 11.3. The van der Waals surface area contributed by atoms with Gasteiger partial charge >= 0.3 is 0 Å². The molecule has 0 N–H and O–H groups in total. The highest BCUT2D eigenvalue weighted by molar-refractivity contribution is 6.16. The first-order valence-corrected chi connectivity index (χ1v) is 5.54. The Balaban J connectivity index is 2.77. The van der Waals surface area contributed by atoms with Gasteiger partial charge in [-0.1, -0.05) is 0 Å². The fourth-order valence-electron chi connectivity index (χ4n) is 1.72. The summed E-state index contributed by atoms with van der Waals surface area (Å²) in [4.78, 5) is 12.7. The third kappa shape index (κ3) is 1.61. The van der Waals surface area contributed by atoms with Crippen LogP contribution in [0.3, 0.4) is 0 Å². The van der Waals surface area contributed by atoms with Crippen LogP contribution in [-0.4, -0.2) is 26.6 Å². The highest BCUT2D eigenvalue weighted by Gasteiger charge is 2.17. The monoisotopic (exact) mass is 240 g/mol. The summed E-state index contributed by atoms with van der Waals surface area (Å²) >= 11 is 5.87. The summed E-state index contributed by atoms with van der Waals surface area (Å²) in [5.41, 5.74) is 1.42. The van der Waals surface area contributed by atoms with E-state index in [2.05, 4.69) is 28.8 Å². The second-order valence-corrected chi connectivity index (χ2v) is 3.95. The van der Waals surface area contributed by atoms with Gasteiger partial charge in [-0.15, -0.1) is 11.6 Å². The van der Waals surface area contributed by atoms with Gasteiger partial charge in [0.1, 0.15) is 12.2 Å². The lowest BCUT2D eigenvalue weighted by atomic mass is 10.4. The number of rotatable bonds is 3. The second kappa shape index (κ2) is 4.25. The van der Waals surface area contributed by atoms with E-state index >= 15 is 0 Å². The Morgan fingerprint density at radius 3 is 2.75 bits per heavy atom. The molecule has 16 heavy (non-hydrogen) atoms. The molecule has 0 unspecified atom stereocenters. The topological polar surface area (TPSA) is 52.8 Å². The van der Waals surface area contributed by atoms with Crippen LogP contribution in [0.2, 0.25) is 0 Å². The SMILES string of the molecule is COc1ncnc2c1nc(CCl)n2C(C)C. The fraction of sp³-hybridized carbons (Fsp3) is 0.500. The lowest BCUT2D eigenvalue weighted by molar-refractivity contribution is 0.401. The maximum Gasteiger partial charge on any atom is 0.245 e. The van der Waals surface area contributed by atoms with Crippen LogP contribution in [0.25, 0.3) is 11.2 Å². The number of halogens is 1. The Kier molecular flexibility index (Phi) is 2.96. The lowest BCUT2D eigenvalue weighted by Crippen LogP contribution is -2.05. The van der Waals surface area contributed by atoms with Crippen molar-refractivity contribution in [1.82, 2.24) is 19.5 Å². The van der Waals surface area contributed by atoms with Gasteiger partial charge in [-0.2, -0.15) is 4.98 Å². The van der Waals surface area contributed by atoms with Crippen LogP contribution in [0.15, 0.2) is 6.33 Å². The Labute approximate surface area is 98.4 Å². The van der Waals surface area contributed by atoms with Crippen molar-refractivity contribution in [2.45, 2.75) is 25.8 Å². The number of methoxy groups -OCH3 is 1. The van der Waals surface area contributed by atoms with Gasteiger partial charge in [0, 0.05) is 6.04 Å². The van der Waals surface area contributed by atoms with E-state index in [1.807, 2.05) is 4.57 Å². The molecule has 0 saturated carbocycles. The zero-order valence-electron chi connectivity index (χ0n) is 9.44. The average Bonchev–Trinajstić information content (AvgIpc) is 2.66. The Bertz CT molecular complexity index is 509. The van der Waals surface area contributed by atoms with Crippen molar-refractivity contribution in [3.8, 4) is 5.88 Å². The molecule has 0 radical (unpaired) electrons. The number of hydrogen-bond donors (Lipinski definition) is 0. The second-order valence-electron chi connectivity index (χ2n) is 3.68. The van der Waals surface area contributed by atoms with E-state index in [1.54, 1.807) is 7.11 Å². The van der Waals surface area contributed by atoms with E-state index in [0.717, 1.165) is 11.5 Å². The summed E-state index contributed by atoms with van der Waals surface area (Å²) in [6, 6.07) is 0.248. The first kappa shape index (κ1) is 11.1. The van der Waals surface area contributed by atoms with Gasteiger partial charge in [0.2, 0.25) is 5.88 Å². The number of aromatic nitrogens is 4. The smallest absolute Gasteiger partial charge is 0.245 e. The molecule has 0 aliphatic rings. The molecule has 0 aromatic carbocycles. The molecule has 0 spiro atoms. The van der Waals surface area contributed by atoms with Crippen LogP contribution in [0.1, 0.15) is 25.7 Å². The molecule has 0 amide bonds. The van der Waals surface area contributed by atoms with E-state index < -0.39 is 0 Å². The van der Waals surface area contributed by atoms with E-state index in [-0.39, 0.29) is 6.04 Å². The zero-order chi connectivity index (χ0) is 11.7. The van der Waals surface area contributed by atoms with Crippen molar-refractivity contribution in [2.24, 2.45) is 0 Å². The molecule has 0 bridgehead atoms. The minimum Gasteiger partial charge on any atom is -0.479 e. The molecule has 0 aliphatic carbocycles. The Morgan fingerprint density at radius 1 is 1.44 bits per heavy atom. The molecular weight excluding hydrogens is 228 g/mol. The standard InChI is InChI=1S/C10H13ClN4O/c1-6(2)15-7(4-11)14-8-9(15)12-5-13-10(8)16-3/h5-6H,4H2,1-3H3. The molecule has 2 aromatic heterocycles. The number of hydrogen-bond acceptors (Lipinski definition) is 4. The fourth-order valence-corrected chi connectivity index (χ4v) is 1.91. The molecule has 2 heterocycles. The van der Waals surface area contributed by atoms with Crippen LogP contribution in [0.5, 0.6) is 5.88 Å². The maximum absolute atomic E-state index is 5.87. The van der Waals surface area contributed by atoms with Gasteiger partial charge < -0.3 is 9.30 Å². The first-order valence-electron chi connectivity index (χ1n) is 5.00. The highest BCUT2D eigenvalue weighted by atomic mass is 35.5. The molecule has 2 rings (SSSR count). The number of ether oxygens (including phenoxy) is 1. The third-order valence-corrected chi connectivity index (χ3v) is 2.58. The quantitative estimate of drug-likeness (QED) is 0.772. The van der Waals surface area contributed by atoms with Crippen LogP contribution in [-0.2, 0) is 5.88 Å². The molecule has 0 atom stereocenters. The maximum atomic E-state index is 5.87. The van der Waals surface area contributed by atoms with Gasteiger partial charge in [-0.05, 0) is 13.8 Å². The van der Waals surface area contributed by atoms with Gasteiger partial charge in [0.05, 0.1) is 13.0 Å². The molecule has 86 valence electrons. The van der Waals surface area contributed by atoms with Gasteiger partial charge in [-0.25, -0.2) is 9.97 Å². The largest absolute Gasteiger partial charge is 0.479 e. The van der Waals surface area contributed by atoms with E-state index in [9.17, 15) is 0 Å². The third-order valence-electron chi connectivity index (χ3n) is 2.35.